The van der Waals surface area contributed by atoms with Crippen molar-refractivity contribution in [3.63, 3.8) is 0 Å². The minimum absolute atomic E-state index is 0.121. The summed E-state index contributed by atoms with van der Waals surface area (Å²) in [6, 6.07) is 0.430. The quantitative estimate of drug-likeness (QED) is 0.832. The first-order valence-corrected chi connectivity index (χ1v) is 7.21. The Morgan fingerprint density at radius 1 is 1.56 bits per heavy atom. The zero-order valence-corrected chi connectivity index (χ0v) is 11.9. The molecular weight excluding hydrogens is 338 g/mol. The van der Waals surface area contributed by atoms with Gasteiger partial charge in [-0.15, -0.1) is 0 Å². The van der Waals surface area contributed by atoms with Crippen LogP contribution in [0.1, 0.15) is 19.3 Å². The molecule has 6 heteroatoms. The fourth-order valence-electron chi connectivity index (χ4n) is 2.01. The average Bonchev–Trinajstić information content (AvgIpc) is 2.33. The van der Waals surface area contributed by atoms with Crippen LogP contribution in [0, 0.1) is 0 Å². The van der Waals surface area contributed by atoms with Crippen LogP contribution >= 0.6 is 31.9 Å². The molecule has 0 spiro atoms. The number of H-pyrrole nitrogens is 1. The molecule has 1 aromatic rings. The fraction of sp³-hybridized carbons (Fsp3) is 0.600. The van der Waals surface area contributed by atoms with Crippen LogP contribution in [0.4, 0.5) is 5.82 Å². The van der Waals surface area contributed by atoms with Crippen LogP contribution < -0.4 is 10.5 Å². The van der Waals surface area contributed by atoms with Crippen molar-refractivity contribution >= 4 is 37.7 Å². The highest BCUT2D eigenvalue weighted by atomic mass is 79.9. The first kappa shape index (κ1) is 12.1. The Kier molecular flexibility index (Phi) is 4.02. The monoisotopic (exact) mass is 349 g/mol. The SMILES string of the molecule is O=c1[nH]cnc(N2CCCCC2CBr)c1Br. The lowest BCUT2D eigenvalue weighted by Crippen LogP contribution is -2.42. The second kappa shape index (κ2) is 5.31. The summed E-state index contributed by atoms with van der Waals surface area (Å²) in [6.45, 7) is 0.964. The van der Waals surface area contributed by atoms with Crippen molar-refractivity contribution in [1.29, 1.82) is 0 Å². The molecule has 2 heterocycles. The summed E-state index contributed by atoms with van der Waals surface area (Å²) >= 11 is 6.83. The number of aromatic nitrogens is 2. The molecule has 1 saturated heterocycles. The largest absolute Gasteiger partial charge is 0.352 e. The molecule has 88 valence electrons. The first-order chi connectivity index (χ1) is 7.74. The molecule has 0 saturated carbocycles. The summed E-state index contributed by atoms with van der Waals surface area (Å²) in [7, 11) is 0. The maximum Gasteiger partial charge on any atom is 0.267 e. The Hall–Kier alpha value is -0.360. The number of hydrogen-bond acceptors (Lipinski definition) is 3. The predicted molar refractivity (Wildman–Crippen MR) is 71.3 cm³/mol. The van der Waals surface area contributed by atoms with Crippen LogP contribution in [-0.2, 0) is 0 Å². The van der Waals surface area contributed by atoms with Gasteiger partial charge in [0.1, 0.15) is 4.47 Å². The van der Waals surface area contributed by atoms with Crippen LogP contribution in [0.2, 0.25) is 0 Å². The molecule has 1 atom stereocenters. The molecule has 1 unspecified atom stereocenters. The third-order valence-corrected chi connectivity index (χ3v) is 4.32. The maximum absolute atomic E-state index is 11.5. The summed E-state index contributed by atoms with van der Waals surface area (Å²) in [4.78, 5) is 20.5. The molecule has 1 aliphatic heterocycles. The highest BCUT2D eigenvalue weighted by Crippen LogP contribution is 2.27. The number of halogens is 2. The first-order valence-electron chi connectivity index (χ1n) is 5.30. The van der Waals surface area contributed by atoms with Gasteiger partial charge in [0.05, 0.1) is 6.33 Å². The topological polar surface area (TPSA) is 49.0 Å². The van der Waals surface area contributed by atoms with Gasteiger partial charge in [0.2, 0.25) is 0 Å². The van der Waals surface area contributed by atoms with Crippen molar-refractivity contribution in [2.24, 2.45) is 0 Å². The van der Waals surface area contributed by atoms with Crippen molar-refractivity contribution in [1.82, 2.24) is 9.97 Å². The number of piperidine rings is 1. The number of rotatable bonds is 2. The summed E-state index contributed by atoms with van der Waals surface area (Å²) in [5.41, 5.74) is -0.121. The molecule has 0 amide bonds. The average molecular weight is 351 g/mol. The van der Waals surface area contributed by atoms with E-state index < -0.39 is 0 Å². The van der Waals surface area contributed by atoms with Crippen molar-refractivity contribution in [3.8, 4) is 0 Å². The van der Waals surface area contributed by atoms with Crippen molar-refractivity contribution in [2.75, 3.05) is 16.8 Å². The normalized spacial score (nSPS) is 21.1. The van der Waals surface area contributed by atoms with Crippen LogP contribution in [0.5, 0.6) is 0 Å². The lowest BCUT2D eigenvalue weighted by atomic mass is 10.0. The Labute approximate surface area is 111 Å². The molecule has 16 heavy (non-hydrogen) atoms. The molecule has 1 fully saturated rings. The highest BCUT2D eigenvalue weighted by Gasteiger charge is 2.24. The summed E-state index contributed by atoms with van der Waals surface area (Å²) in [5.74, 6) is 0.757. The van der Waals surface area contributed by atoms with Crippen LogP contribution in [0.15, 0.2) is 15.6 Å². The van der Waals surface area contributed by atoms with E-state index in [2.05, 4.69) is 46.7 Å². The molecule has 1 aliphatic rings. The standard InChI is InChI=1S/C10H13Br2N3O/c11-5-7-3-1-2-4-15(7)9-8(12)10(16)14-6-13-9/h6-7H,1-5H2,(H,13,14,16). The van der Waals surface area contributed by atoms with E-state index in [1.165, 1.54) is 12.7 Å². The second-order valence-corrected chi connectivity index (χ2v) is 5.31. The van der Waals surface area contributed by atoms with Gasteiger partial charge in [-0.25, -0.2) is 4.98 Å². The second-order valence-electron chi connectivity index (χ2n) is 3.87. The van der Waals surface area contributed by atoms with E-state index in [1.807, 2.05) is 0 Å². The van der Waals surface area contributed by atoms with Gasteiger partial charge in [-0.05, 0) is 35.2 Å². The van der Waals surface area contributed by atoms with E-state index in [4.69, 9.17) is 0 Å². The van der Waals surface area contributed by atoms with Crippen LogP contribution in [0.25, 0.3) is 0 Å². The third kappa shape index (κ3) is 2.32. The van der Waals surface area contributed by atoms with Crippen LogP contribution in [-0.4, -0.2) is 27.9 Å². The predicted octanol–water partition coefficient (Wildman–Crippen LogP) is 2.29. The fourth-order valence-corrected chi connectivity index (χ4v) is 3.13. The third-order valence-electron chi connectivity index (χ3n) is 2.86. The van der Waals surface area contributed by atoms with Gasteiger partial charge in [-0.1, -0.05) is 15.9 Å². The molecule has 1 N–H and O–H groups in total. The lowest BCUT2D eigenvalue weighted by Gasteiger charge is -2.35. The van der Waals surface area contributed by atoms with Crippen molar-refractivity contribution in [3.05, 3.63) is 21.2 Å². The number of aromatic amines is 1. The zero-order valence-electron chi connectivity index (χ0n) is 8.75. The van der Waals surface area contributed by atoms with Crippen molar-refractivity contribution in [2.45, 2.75) is 25.3 Å². The summed E-state index contributed by atoms with van der Waals surface area (Å²) < 4.78 is 0.530. The van der Waals surface area contributed by atoms with Gasteiger partial charge >= 0.3 is 0 Å². The number of nitrogens with zero attached hydrogens (tertiary/aromatic N) is 2. The minimum atomic E-state index is -0.121. The molecule has 0 radical (unpaired) electrons. The summed E-state index contributed by atoms with van der Waals surface area (Å²) in [5, 5.41) is 0.911. The molecule has 0 aliphatic carbocycles. The molecule has 0 bridgehead atoms. The molecule has 4 nitrogen and oxygen atoms in total. The van der Waals surface area contributed by atoms with Gasteiger partial charge in [-0.3, -0.25) is 4.79 Å². The Morgan fingerprint density at radius 3 is 3.12 bits per heavy atom. The van der Waals surface area contributed by atoms with Gasteiger partial charge in [0.15, 0.2) is 5.82 Å². The van der Waals surface area contributed by atoms with E-state index in [9.17, 15) is 4.79 Å². The number of nitrogens with one attached hydrogen (secondary N) is 1. The van der Waals surface area contributed by atoms with E-state index in [0.29, 0.717) is 10.5 Å². The Balaban J connectivity index is 2.34. The van der Waals surface area contributed by atoms with E-state index >= 15 is 0 Å². The molecular formula is C10H13Br2N3O. The van der Waals surface area contributed by atoms with E-state index in [-0.39, 0.29) is 5.56 Å². The molecule has 2 rings (SSSR count). The Morgan fingerprint density at radius 2 is 2.38 bits per heavy atom. The van der Waals surface area contributed by atoms with Crippen LogP contribution in [0.3, 0.4) is 0 Å². The number of anilines is 1. The summed E-state index contributed by atoms with van der Waals surface area (Å²) in [6.07, 6.45) is 5.01. The van der Waals surface area contributed by atoms with Gasteiger partial charge in [-0.2, -0.15) is 0 Å². The maximum atomic E-state index is 11.5. The molecule has 0 aromatic carbocycles. The minimum Gasteiger partial charge on any atom is -0.352 e. The Bertz CT molecular complexity index is 421. The lowest BCUT2D eigenvalue weighted by molar-refractivity contribution is 0.486. The molecule has 1 aromatic heterocycles. The van der Waals surface area contributed by atoms with E-state index in [1.54, 1.807) is 0 Å². The van der Waals surface area contributed by atoms with Gasteiger partial charge < -0.3 is 9.88 Å². The number of hydrogen-bond donors (Lipinski definition) is 1. The smallest absolute Gasteiger partial charge is 0.267 e. The number of alkyl halides is 1. The van der Waals surface area contributed by atoms with E-state index in [0.717, 1.165) is 30.5 Å². The van der Waals surface area contributed by atoms with Gasteiger partial charge in [0.25, 0.3) is 5.56 Å². The highest BCUT2D eigenvalue weighted by molar-refractivity contribution is 9.10. The zero-order chi connectivity index (χ0) is 11.5. The van der Waals surface area contributed by atoms with Crippen molar-refractivity contribution < 1.29 is 0 Å². The van der Waals surface area contributed by atoms with Gasteiger partial charge in [0, 0.05) is 17.9 Å².